The molecular formula is C15H27N3S2. The lowest BCUT2D eigenvalue weighted by molar-refractivity contribution is 0.477. The van der Waals surface area contributed by atoms with Gasteiger partial charge in [-0.3, -0.25) is 4.68 Å². The highest BCUT2D eigenvalue weighted by atomic mass is 32.2. The van der Waals surface area contributed by atoms with Crippen LogP contribution in [0.3, 0.4) is 0 Å². The third-order valence-electron chi connectivity index (χ3n) is 3.87. The third-order valence-corrected chi connectivity index (χ3v) is 7.37. The number of thioether (sulfide) groups is 2. The lowest BCUT2D eigenvalue weighted by Gasteiger charge is -2.36. The van der Waals surface area contributed by atoms with Gasteiger partial charge < -0.3 is 5.32 Å². The zero-order valence-corrected chi connectivity index (χ0v) is 14.6. The Kier molecular flexibility index (Phi) is 6.30. The van der Waals surface area contributed by atoms with Crippen LogP contribution in [0.25, 0.3) is 0 Å². The SMILES string of the molecule is CCCn1nccc1C(NCC)C1CSC(C)C(C)S1. The summed E-state index contributed by atoms with van der Waals surface area (Å²) in [6.45, 7) is 11.1. The van der Waals surface area contributed by atoms with Crippen LogP contribution in [0.15, 0.2) is 12.3 Å². The van der Waals surface area contributed by atoms with E-state index in [2.05, 4.69) is 72.4 Å². The predicted molar refractivity (Wildman–Crippen MR) is 91.7 cm³/mol. The Labute approximate surface area is 131 Å². The zero-order chi connectivity index (χ0) is 14.5. The number of hydrogen-bond donors (Lipinski definition) is 1. The average molecular weight is 314 g/mol. The lowest BCUT2D eigenvalue weighted by atomic mass is 10.1. The Morgan fingerprint density at radius 1 is 1.40 bits per heavy atom. The van der Waals surface area contributed by atoms with Crippen molar-refractivity contribution >= 4 is 23.5 Å². The monoisotopic (exact) mass is 313 g/mol. The molecule has 2 heterocycles. The van der Waals surface area contributed by atoms with Gasteiger partial charge in [0.05, 0.1) is 11.7 Å². The second-order valence-electron chi connectivity index (χ2n) is 5.43. The minimum atomic E-state index is 0.418. The summed E-state index contributed by atoms with van der Waals surface area (Å²) in [6.07, 6.45) is 3.08. The fraction of sp³-hybridized carbons (Fsp3) is 0.800. The second kappa shape index (κ2) is 7.76. The van der Waals surface area contributed by atoms with Crippen LogP contribution in [-0.2, 0) is 6.54 Å². The first-order chi connectivity index (χ1) is 9.67. The van der Waals surface area contributed by atoms with Crippen molar-refractivity contribution in [1.82, 2.24) is 15.1 Å². The highest BCUT2D eigenvalue weighted by Gasteiger charge is 2.33. The number of nitrogens with one attached hydrogen (secondary N) is 1. The first-order valence-corrected chi connectivity index (χ1v) is 9.68. The van der Waals surface area contributed by atoms with Gasteiger partial charge in [0.25, 0.3) is 0 Å². The molecule has 0 bridgehead atoms. The Hall–Kier alpha value is -0.130. The Bertz CT molecular complexity index is 408. The van der Waals surface area contributed by atoms with Crippen LogP contribution in [0, 0.1) is 0 Å². The molecule has 1 aliphatic rings. The fourth-order valence-corrected chi connectivity index (χ4v) is 5.73. The standard InChI is InChI=1S/C15H27N3S2/c1-5-9-18-13(7-8-17-18)15(16-6-2)14-10-19-11(3)12(4)20-14/h7-8,11-12,14-16H,5-6,9-10H2,1-4H3. The van der Waals surface area contributed by atoms with E-state index in [0.29, 0.717) is 11.3 Å². The van der Waals surface area contributed by atoms with Crippen molar-refractivity contribution in [2.75, 3.05) is 12.3 Å². The first-order valence-electron chi connectivity index (χ1n) is 7.69. The lowest BCUT2D eigenvalue weighted by Crippen LogP contribution is -2.38. The molecule has 114 valence electrons. The van der Waals surface area contributed by atoms with Gasteiger partial charge in [-0.2, -0.15) is 28.6 Å². The maximum atomic E-state index is 4.50. The quantitative estimate of drug-likeness (QED) is 0.869. The van der Waals surface area contributed by atoms with E-state index in [1.807, 2.05) is 6.20 Å². The van der Waals surface area contributed by atoms with Crippen LogP contribution in [0.1, 0.15) is 45.9 Å². The summed E-state index contributed by atoms with van der Waals surface area (Å²) >= 11 is 4.26. The van der Waals surface area contributed by atoms with Crippen LogP contribution < -0.4 is 5.32 Å². The molecule has 3 nitrogen and oxygen atoms in total. The molecule has 0 amide bonds. The fourth-order valence-electron chi connectivity index (χ4n) is 2.63. The Balaban J connectivity index is 2.15. The van der Waals surface area contributed by atoms with E-state index in [-0.39, 0.29) is 0 Å². The molecule has 4 unspecified atom stereocenters. The van der Waals surface area contributed by atoms with Gasteiger partial charge in [-0.15, -0.1) is 0 Å². The Morgan fingerprint density at radius 3 is 2.85 bits per heavy atom. The van der Waals surface area contributed by atoms with Gasteiger partial charge in [-0.1, -0.05) is 27.7 Å². The van der Waals surface area contributed by atoms with Gasteiger partial charge in [-0.25, -0.2) is 0 Å². The van der Waals surface area contributed by atoms with Crippen molar-refractivity contribution in [3.8, 4) is 0 Å². The summed E-state index contributed by atoms with van der Waals surface area (Å²) in [7, 11) is 0. The predicted octanol–water partition coefficient (Wildman–Crippen LogP) is 3.57. The van der Waals surface area contributed by atoms with Gasteiger partial charge in [-0.05, 0) is 19.0 Å². The molecule has 0 spiro atoms. The molecule has 5 heteroatoms. The van der Waals surface area contributed by atoms with Crippen LogP contribution in [0.5, 0.6) is 0 Å². The molecule has 20 heavy (non-hydrogen) atoms. The number of nitrogens with zero attached hydrogens (tertiary/aromatic N) is 2. The second-order valence-corrected chi connectivity index (χ2v) is 8.46. The van der Waals surface area contributed by atoms with Crippen molar-refractivity contribution in [3.05, 3.63) is 18.0 Å². The van der Waals surface area contributed by atoms with Crippen LogP contribution in [0.2, 0.25) is 0 Å². The van der Waals surface area contributed by atoms with Crippen molar-refractivity contribution in [1.29, 1.82) is 0 Å². The van der Waals surface area contributed by atoms with E-state index in [1.165, 1.54) is 11.4 Å². The number of aryl methyl sites for hydroxylation is 1. The molecule has 0 radical (unpaired) electrons. The summed E-state index contributed by atoms with van der Waals surface area (Å²) in [5, 5.41) is 10.3. The molecular weight excluding hydrogens is 286 g/mol. The molecule has 2 rings (SSSR count). The highest BCUT2D eigenvalue weighted by Crippen LogP contribution is 2.41. The summed E-state index contributed by atoms with van der Waals surface area (Å²) in [5.74, 6) is 1.23. The largest absolute Gasteiger partial charge is 0.308 e. The Morgan fingerprint density at radius 2 is 2.20 bits per heavy atom. The topological polar surface area (TPSA) is 29.9 Å². The van der Waals surface area contributed by atoms with Crippen molar-refractivity contribution < 1.29 is 0 Å². The minimum absolute atomic E-state index is 0.418. The summed E-state index contributed by atoms with van der Waals surface area (Å²) in [4.78, 5) is 0. The van der Waals surface area contributed by atoms with Gasteiger partial charge in [0.1, 0.15) is 0 Å². The molecule has 4 atom stereocenters. The van der Waals surface area contributed by atoms with Gasteiger partial charge >= 0.3 is 0 Å². The summed E-state index contributed by atoms with van der Waals surface area (Å²) in [5.41, 5.74) is 1.36. The number of aromatic nitrogens is 2. The summed E-state index contributed by atoms with van der Waals surface area (Å²) < 4.78 is 2.18. The minimum Gasteiger partial charge on any atom is -0.308 e. The van der Waals surface area contributed by atoms with E-state index < -0.39 is 0 Å². The third kappa shape index (κ3) is 3.74. The molecule has 1 saturated heterocycles. The van der Waals surface area contributed by atoms with Crippen LogP contribution in [0.4, 0.5) is 0 Å². The van der Waals surface area contributed by atoms with E-state index in [9.17, 15) is 0 Å². The molecule has 1 fully saturated rings. The molecule has 0 aliphatic carbocycles. The molecule has 1 aromatic rings. The van der Waals surface area contributed by atoms with Gasteiger partial charge in [0.2, 0.25) is 0 Å². The highest BCUT2D eigenvalue weighted by molar-refractivity contribution is 8.07. The maximum Gasteiger partial charge on any atom is 0.0620 e. The zero-order valence-electron chi connectivity index (χ0n) is 13.0. The summed E-state index contributed by atoms with van der Waals surface area (Å²) in [6, 6.07) is 2.61. The number of hydrogen-bond acceptors (Lipinski definition) is 4. The van der Waals surface area contributed by atoms with E-state index in [4.69, 9.17) is 0 Å². The molecule has 0 aromatic carbocycles. The van der Waals surface area contributed by atoms with Crippen molar-refractivity contribution in [3.63, 3.8) is 0 Å². The van der Waals surface area contributed by atoms with Crippen LogP contribution in [-0.4, -0.2) is 37.8 Å². The number of rotatable bonds is 6. The molecule has 1 aliphatic heterocycles. The van der Waals surface area contributed by atoms with Crippen molar-refractivity contribution in [2.24, 2.45) is 0 Å². The molecule has 0 saturated carbocycles. The molecule has 1 aromatic heterocycles. The van der Waals surface area contributed by atoms with E-state index in [1.54, 1.807) is 0 Å². The van der Waals surface area contributed by atoms with E-state index >= 15 is 0 Å². The van der Waals surface area contributed by atoms with Gasteiger partial charge in [0, 0.05) is 34.2 Å². The maximum absolute atomic E-state index is 4.50. The smallest absolute Gasteiger partial charge is 0.0620 e. The van der Waals surface area contributed by atoms with Crippen LogP contribution >= 0.6 is 23.5 Å². The van der Waals surface area contributed by atoms with Gasteiger partial charge in [0.15, 0.2) is 0 Å². The van der Waals surface area contributed by atoms with Crippen molar-refractivity contribution in [2.45, 2.75) is 62.5 Å². The first kappa shape index (κ1) is 16.2. The van der Waals surface area contributed by atoms with E-state index in [0.717, 1.165) is 30.0 Å². The molecule has 1 N–H and O–H groups in total. The normalized spacial score (nSPS) is 28.5. The average Bonchev–Trinajstić information content (AvgIpc) is 2.88.